The fourth-order valence-electron chi connectivity index (χ4n) is 4.35. The number of aliphatic hydroxyl groups is 1. The first-order valence-electron chi connectivity index (χ1n) is 11.2. The second-order valence-corrected chi connectivity index (χ2v) is 11.0. The van der Waals surface area contributed by atoms with Crippen molar-refractivity contribution in [2.24, 2.45) is 0 Å². The summed E-state index contributed by atoms with van der Waals surface area (Å²) in [6.07, 6.45) is 0.244. The molecule has 0 bridgehead atoms. The largest absolute Gasteiger partial charge is 0.454 e. The van der Waals surface area contributed by atoms with Crippen molar-refractivity contribution in [1.29, 1.82) is 0 Å². The van der Waals surface area contributed by atoms with Crippen LogP contribution in [0.15, 0.2) is 47.4 Å². The van der Waals surface area contributed by atoms with Crippen LogP contribution >= 0.6 is 0 Å². The molecule has 2 aliphatic rings. The molecule has 0 saturated carbocycles. The second kappa shape index (κ2) is 9.91. The van der Waals surface area contributed by atoms with Gasteiger partial charge in [0.25, 0.3) is 0 Å². The number of sulfonamides is 1. The summed E-state index contributed by atoms with van der Waals surface area (Å²) < 4.78 is 37.9. The van der Waals surface area contributed by atoms with Gasteiger partial charge in [-0.15, -0.1) is 0 Å². The number of carbonyl (C=O) groups is 1. The molecule has 0 radical (unpaired) electrons. The van der Waals surface area contributed by atoms with E-state index in [2.05, 4.69) is 4.90 Å². The first kappa shape index (κ1) is 24.5. The van der Waals surface area contributed by atoms with Crippen molar-refractivity contribution in [2.75, 3.05) is 47.6 Å². The van der Waals surface area contributed by atoms with E-state index < -0.39 is 10.0 Å². The van der Waals surface area contributed by atoms with Crippen molar-refractivity contribution in [3.8, 4) is 11.5 Å². The molecule has 1 unspecified atom stereocenters. The number of ether oxygens (including phenoxy) is 2. The van der Waals surface area contributed by atoms with Crippen LogP contribution in [0.4, 0.5) is 0 Å². The molecule has 34 heavy (non-hydrogen) atoms. The Hall–Kier alpha value is -2.66. The van der Waals surface area contributed by atoms with Gasteiger partial charge in [0.2, 0.25) is 22.7 Å². The third kappa shape index (κ3) is 5.05. The molecule has 1 fully saturated rings. The number of nitrogens with zero attached hydrogens (tertiary/aromatic N) is 3. The Labute approximate surface area is 200 Å². The molecule has 0 aliphatic carbocycles. The van der Waals surface area contributed by atoms with Crippen LogP contribution in [-0.4, -0.2) is 87.2 Å². The van der Waals surface area contributed by atoms with Crippen LogP contribution in [0.25, 0.3) is 0 Å². The van der Waals surface area contributed by atoms with Gasteiger partial charge in [0.05, 0.1) is 23.5 Å². The lowest BCUT2D eigenvalue weighted by Crippen LogP contribution is -2.39. The van der Waals surface area contributed by atoms with E-state index in [0.29, 0.717) is 36.6 Å². The van der Waals surface area contributed by atoms with Crippen LogP contribution in [0.3, 0.4) is 0 Å². The van der Waals surface area contributed by atoms with Crippen LogP contribution in [0.2, 0.25) is 0 Å². The van der Waals surface area contributed by atoms with Gasteiger partial charge in [0.1, 0.15) is 0 Å². The highest BCUT2D eigenvalue weighted by molar-refractivity contribution is 7.89. The summed E-state index contributed by atoms with van der Waals surface area (Å²) >= 11 is 0. The fourth-order valence-corrected chi connectivity index (χ4v) is 5.46. The van der Waals surface area contributed by atoms with Gasteiger partial charge in [-0.25, -0.2) is 12.7 Å². The van der Waals surface area contributed by atoms with E-state index in [4.69, 9.17) is 9.47 Å². The third-order valence-electron chi connectivity index (χ3n) is 6.38. The van der Waals surface area contributed by atoms with Gasteiger partial charge in [-0.05, 0) is 23.6 Å². The van der Waals surface area contributed by atoms with Gasteiger partial charge in [-0.1, -0.05) is 30.3 Å². The predicted octanol–water partition coefficient (Wildman–Crippen LogP) is 1.47. The van der Waals surface area contributed by atoms with Crippen LogP contribution in [0, 0.1) is 0 Å². The summed E-state index contributed by atoms with van der Waals surface area (Å²) in [7, 11) is 0.833. The lowest BCUT2D eigenvalue weighted by Gasteiger charge is -2.32. The number of likely N-dealkylation sites (tertiary alicyclic amines) is 1. The number of rotatable bonds is 8. The molecule has 2 aromatic rings. The number of hydrogen-bond donors (Lipinski definition) is 1. The van der Waals surface area contributed by atoms with Crippen molar-refractivity contribution < 1.29 is 27.8 Å². The lowest BCUT2D eigenvalue weighted by atomic mass is 10.0. The summed E-state index contributed by atoms with van der Waals surface area (Å²) in [6, 6.07) is 12.5. The summed E-state index contributed by atoms with van der Waals surface area (Å²) in [5.41, 5.74) is 1.34. The summed E-state index contributed by atoms with van der Waals surface area (Å²) in [6.45, 7) is 1.91. The monoisotopic (exact) mass is 489 g/mol. The molecule has 2 aliphatic heterocycles. The Kier molecular flexibility index (Phi) is 7.13. The average molecular weight is 490 g/mol. The standard InChI is InChI=1S/C24H31N3O6S/c1-25(2)34(30,31)23-13-22-21(32-16-33-22)11-18(23)12-24(29)26(3)20(17-7-5-4-6-8-17)15-27-10-9-19(28)14-27/h4-8,11,13,19-20,28H,9-10,12,14-16H2,1-3H3/t19?,20-/m1/s1. The normalized spacial score (nSPS) is 18.9. The number of aliphatic hydroxyl groups excluding tert-OH is 1. The Morgan fingerprint density at radius 1 is 1.15 bits per heavy atom. The number of β-amino-alcohol motifs (C(OH)–C–C–N with tert-alkyl or cyclic N) is 1. The van der Waals surface area contributed by atoms with E-state index in [1.54, 1.807) is 18.0 Å². The summed E-state index contributed by atoms with van der Waals surface area (Å²) in [5.74, 6) is 0.552. The Bertz CT molecular complexity index is 1140. The van der Waals surface area contributed by atoms with Crippen LogP contribution < -0.4 is 9.47 Å². The zero-order valence-corrected chi connectivity index (χ0v) is 20.5. The molecule has 0 aromatic heterocycles. The highest BCUT2D eigenvalue weighted by Gasteiger charge is 2.31. The Balaban J connectivity index is 1.63. The number of fused-ring (bicyclic) bond motifs is 1. The molecule has 4 rings (SSSR count). The SMILES string of the molecule is CN(C(=O)Cc1cc2c(cc1S(=O)(=O)N(C)C)OCO2)[C@H](CN1CCC(O)C1)c1ccccc1. The first-order chi connectivity index (χ1) is 16.2. The smallest absolute Gasteiger partial charge is 0.242 e. The second-order valence-electron chi connectivity index (χ2n) is 8.91. The number of benzene rings is 2. The minimum atomic E-state index is -3.81. The number of hydrogen-bond acceptors (Lipinski definition) is 7. The first-order valence-corrected chi connectivity index (χ1v) is 12.7. The van der Waals surface area contributed by atoms with E-state index in [1.165, 1.54) is 20.2 Å². The van der Waals surface area contributed by atoms with E-state index in [1.807, 2.05) is 30.3 Å². The average Bonchev–Trinajstić information content (AvgIpc) is 3.44. The van der Waals surface area contributed by atoms with Crippen molar-refractivity contribution in [3.63, 3.8) is 0 Å². The zero-order valence-electron chi connectivity index (χ0n) is 19.7. The lowest BCUT2D eigenvalue weighted by molar-refractivity contribution is -0.131. The fraction of sp³-hybridized carbons (Fsp3) is 0.458. The molecule has 2 heterocycles. The number of likely N-dealkylation sites (N-methyl/N-ethyl adjacent to an activating group) is 1. The highest BCUT2D eigenvalue weighted by atomic mass is 32.2. The predicted molar refractivity (Wildman–Crippen MR) is 126 cm³/mol. The maximum Gasteiger partial charge on any atom is 0.242 e. The topological polar surface area (TPSA) is 99.6 Å². The quantitative estimate of drug-likeness (QED) is 0.600. The van der Waals surface area contributed by atoms with Gasteiger partial charge in [-0.3, -0.25) is 9.69 Å². The Morgan fingerprint density at radius 3 is 2.44 bits per heavy atom. The molecule has 2 aromatic carbocycles. The zero-order chi connectivity index (χ0) is 24.5. The van der Waals surface area contributed by atoms with E-state index in [0.717, 1.165) is 16.4 Å². The van der Waals surface area contributed by atoms with Crippen LogP contribution in [0.5, 0.6) is 11.5 Å². The molecular formula is C24H31N3O6S. The van der Waals surface area contributed by atoms with E-state index >= 15 is 0 Å². The molecule has 1 saturated heterocycles. The number of amides is 1. The Morgan fingerprint density at radius 2 is 1.82 bits per heavy atom. The van der Waals surface area contributed by atoms with Crippen LogP contribution in [0.1, 0.15) is 23.6 Å². The molecule has 9 nitrogen and oxygen atoms in total. The third-order valence-corrected chi connectivity index (χ3v) is 8.28. The van der Waals surface area contributed by atoms with E-state index in [9.17, 15) is 18.3 Å². The molecule has 1 N–H and O–H groups in total. The van der Waals surface area contributed by atoms with Gasteiger partial charge >= 0.3 is 0 Å². The molecule has 0 spiro atoms. The minimum Gasteiger partial charge on any atom is -0.454 e. The highest BCUT2D eigenvalue weighted by Crippen LogP contribution is 2.37. The van der Waals surface area contributed by atoms with E-state index in [-0.39, 0.29) is 36.2 Å². The van der Waals surface area contributed by atoms with Crippen LogP contribution in [-0.2, 0) is 21.2 Å². The summed E-state index contributed by atoms with van der Waals surface area (Å²) in [5, 5.41) is 9.95. The van der Waals surface area contributed by atoms with Gasteiger partial charge < -0.3 is 19.5 Å². The maximum absolute atomic E-state index is 13.5. The van der Waals surface area contributed by atoms with Gasteiger partial charge in [0, 0.05) is 46.8 Å². The molecule has 1 amide bonds. The van der Waals surface area contributed by atoms with Gasteiger partial charge in [-0.2, -0.15) is 0 Å². The van der Waals surface area contributed by atoms with Crippen molar-refractivity contribution in [3.05, 3.63) is 53.6 Å². The van der Waals surface area contributed by atoms with Gasteiger partial charge in [0.15, 0.2) is 11.5 Å². The van der Waals surface area contributed by atoms with Crippen molar-refractivity contribution >= 4 is 15.9 Å². The number of carbonyl (C=O) groups excluding carboxylic acids is 1. The maximum atomic E-state index is 13.5. The molecule has 10 heteroatoms. The minimum absolute atomic E-state index is 0.00581. The van der Waals surface area contributed by atoms with Crippen molar-refractivity contribution in [1.82, 2.24) is 14.1 Å². The molecular weight excluding hydrogens is 458 g/mol. The summed E-state index contributed by atoms with van der Waals surface area (Å²) in [4.78, 5) is 17.3. The molecule has 2 atom stereocenters. The van der Waals surface area contributed by atoms with Crippen molar-refractivity contribution in [2.45, 2.75) is 29.9 Å². The molecule has 184 valence electrons.